The Morgan fingerprint density at radius 3 is 2.61 bits per heavy atom. The van der Waals surface area contributed by atoms with Gasteiger partial charge < -0.3 is 23.8 Å². The average molecular weight is 284 g/mol. The van der Waals surface area contributed by atoms with Crippen molar-refractivity contribution in [2.75, 3.05) is 13.7 Å². The van der Waals surface area contributed by atoms with Gasteiger partial charge in [-0.2, -0.15) is 0 Å². The molecular weight excluding hydrogens is 270 g/mol. The first-order chi connectivity index (χ1) is 7.98. The van der Waals surface area contributed by atoms with Gasteiger partial charge in [0.1, 0.15) is 0 Å². The third kappa shape index (κ3) is 5.71. The third-order valence-corrected chi connectivity index (χ3v) is 2.94. The number of ether oxygens (including phenoxy) is 1. The Bertz CT molecular complexity index is 425. The van der Waals surface area contributed by atoms with Crippen LogP contribution in [-0.4, -0.2) is 18.8 Å². The molecule has 0 saturated heterocycles. The second kappa shape index (κ2) is 8.17. The van der Waals surface area contributed by atoms with Gasteiger partial charge >= 0.3 is 29.6 Å². The summed E-state index contributed by atoms with van der Waals surface area (Å²) in [5.74, 6) is 0.231. The largest absolute Gasteiger partial charge is 1.00 e. The molecule has 0 bridgehead atoms. The molecule has 96 valence electrons. The van der Waals surface area contributed by atoms with Gasteiger partial charge in [0.05, 0.1) is 20.3 Å². The maximum atomic E-state index is 11.1. The van der Waals surface area contributed by atoms with Gasteiger partial charge in [0.25, 0.3) is 7.82 Å². The van der Waals surface area contributed by atoms with Crippen LogP contribution in [-0.2, 0) is 20.2 Å². The predicted molar refractivity (Wildman–Crippen MR) is 58.7 cm³/mol. The van der Waals surface area contributed by atoms with Crippen molar-refractivity contribution in [1.29, 1.82) is 0 Å². The van der Waals surface area contributed by atoms with Crippen LogP contribution in [0.15, 0.2) is 18.2 Å². The fraction of sp³-hybridized carbons (Fsp3) is 0.400. The number of aromatic hydroxyl groups is 1. The van der Waals surface area contributed by atoms with Crippen LogP contribution in [0.3, 0.4) is 0 Å². The first-order valence-corrected chi connectivity index (χ1v) is 6.40. The van der Waals surface area contributed by atoms with Gasteiger partial charge in [-0.05, 0) is 24.6 Å². The molecule has 0 heterocycles. The Kier molecular flexibility index (Phi) is 8.14. The Morgan fingerprint density at radius 2 is 2.06 bits per heavy atom. The number of benzene rings is 1. The Hall–Kier alpha value is -0.0700. The zero-order valence-electron chi connectivity index (χ0n) is 10.6. The minimum atomic E-state index is -4.25. The molecule has 18 heavy (non-hydrogen) atoms. The van der Waals surface area contributed by atoms with Gasteiger partial charge in [-0.3, -0.25) is 4.57 Å². The number of phosphoric acid groups is 1. The summed E-state index contributed by atoms with van der Waals surface area (Å²) in [6.07, 6.45) is 0. The van der Waals surface area contributed by atoms with Crippen LogP contribution in [0.2, 0.25) is 0 Å². The predicted octanol–water partition coefficient (Wildman–Crippen LogP) is -1.57. The summed E-state index contributed by atoms with van der Waals surface area (Å²) in [5, 5.41) is 9.34. The number of rotatable bonds is 6. The van der Waals surface area contributed by atoms with Gasteiger partial charge in [-0.25, -0.2) is 0 Å². The topological polar surface area (TPSA) is 88.1 Å². The van der Waals surface area contributed by atoms with Crippen molar-refractivity contribution in [3.05, 3.63) is 23.8 Å². The van der Waals surface area contributed by atoms with Crippen molar-refractivity contribution in [3.63, 3.8) is 0 Å². The third-order valence-electron chi connectivity index (χ3n) is 1.92. The quantitative estimate of drug-likeness (QED) is 0.501. The number of phosphoric ester groups is 1. The zero-order chi connectivity index (χ0) is 12.9. The van der Waals surface area contributed by atoms with E-state index in [0.29, 0.717) is 5.56 Å². The molecule has 1 aromatic carbocycles. The van der Waals surface area contributed by atoms with E-state index in [1.54, 1.807) is 6.92 Å². The first kappa shape index (κ1) is 17.9. The normalized spacial score (nSPS) is 13.5. The van der Waals surface area contributed by atoms with Gasteiger partial charge in [-0.1, -0.05) is 6.07 Å². The van der Waals surface area contributed by atoms with Crippen LogP contribution in [0.1, 0.15) is 12.5 Å². The monoisotopic (exact) mass is 284 g/mol. The molecule has 0 aliphatic rings. The summed E-state index contributed by atoms with van der Waals surface area (Å²) in [7, 11) is -2.85. The molecule has 0 radical (unpaired) electrons. The van der Waals surface area contributed by atoms with Crippen LogP contribution in [0.25, 0.3) is 0 Å². The van der Waals surface area contributed by atoms with Gasteiger partial charge in [0.15, 0.2) is 11.5 Å². The maximum absolute atomic E-state index is 11.1. The molecule has 0 aliphatic carbocycles. The Morgan fingerprint density at radius 1 is 1.39 bits per heavy atom. The zero-order valence-corrected chi connectivity index (χ0v) is 13.5. The molecule has 1 rings (SSSR count). The summed E-state index contributed by atoms with van der Waals surface area (Å²) in [6.45, 7) is 1.41. The van der Waals surface area contributed by atoms with Gasteiger partial charge in [0.2, 0.25) is 0 Å². The molecule has 0 spiro atoms. The van der Waals surface area contributed by atoms with E-state index in [2.05, 4.69) is 9.05 Å². The minimum absolute atomic E-state index is 0. The molecule has 0 aliphatic heterocycles. The summed E-state index contributed by atoms with van der Waals surface area (Å²) in [4.78, 5) is 11.1. The van der Waals surface area contributed by atoms with Gasteiger partial charge in [0, 0.05) is 0 Å². The summed E-state index contributed by atoms with van der Waals surface area (Å²) in [5.41, 5.74) is 0.551. The van der Waals surface area contributed by atoms with E-state index in [9.17, 15) is 14.6 Å². The van der Waals surface area contributed by atoms with Gasteiger partial charge in [-0.15, -0.1) is 0 Å². The van der Waals surface area contributed by atoms with E-state index in [-0.39, 0.29) is 54.3 Å². The molecular formula is C10H14NaO6P. The fourth-order valence-corrected chi connectivity index (χ4v) is 1.86. The van der Waals surface area contributed by atoms with E-state index in [4.69, 9.17) is 4.74 Å². The van der Waals surface area contributed by atoms with E-state index in [1.807, 2.05) is 0 Å². The van der Waals surface area contributed by atoms with E-state index in [0.717, 1.165) is 0 Å². The summed E-state index contributed by atoms with van der Waals surface area (Å²) in [6, 6.07) is 4.42. The molecule has 1 atom stereocenters. The van der Waals surface area contributed by atoms with Crippen molar-refractivity contribution in [2.24, 2.45) is 0 Å². The van der Waals surface area contributed by atoms with Crippen molar-refractivity contribution >= 4 is 7.82 Å². The molecule has 1 N–H and O–H groups in total. The second-order valence-corrected chi connectivity index (χ2v) is 4.56. The van der Waals surface area contributed by atoms with E-state index in [1.165, 1.54) is 25.3 Å². The Balaban J connectivity index is 0.00000289. The standard InChI is InChI=1S/C10H15O6P.Na/c1-3-15-17(12,13)16-7-8-4-5-9(11)10(6-8)14-2;/h4-6,11H,3,7H2,1-2H3,(H,12,13);/q;+1/p-1. The molecule has 0 aromatic heterocycles. The summed E-state index contributed by atoms with van der Waals surface area (Å²) >= 11 is 0. The van der Waals surface area contributed by atoms with E-state index >= 15 is 0 Å². The number of phenols is 1. The van der Waals surface area contributed by atoms with Crippen LogP contribution < -0.4 is 39.2 Å². The van der Waals surface area contributed by atoms with Crippen LogP contribution >= 0.6 is 7.82 Å². The van der Waals surface area contributed by atoms with Crippen molar-refractivity contribution < 1.29 is 57.9 Å². The SMILES string of the molecule is CCOP(=O)([O-])OCc1ccc(O)c(OC)c1.[Na+]. The number of hydrogen-bond acceptors (Lipinski definition) is 6. The molecule has 8 heteroatoms. The molecule has 0 amide bonds. The number of hydrogen-bond donors (Lipinski definition) is 1. The van der Waals surface area contributed by atoms with Crippen molar-refractivity contribution in [1.82, 2.24) is 0 Å². The maximum Gasteiger partial charge on any atom is 1.00 e. The second-order valence-electron chi connectivity index (χ2n) is 3.14. The average Bonchev–Trinajstić information content (AvgIpc) is 2.28. The van der Waals surface area contributed by atoms with Crippen molar-refractivity contribution in [3.8, 4) is 11.5 Å². The summed E-state index contributed by atoms with van der Waals surface area (Å²) < 4.78 is 25.1. The molecule has 1 unspecified atom stereocenters. The fourth-order valence-electron chi connectivity index (χ4n) is 1.16. The smallest absolute Gasteiger partial charge is 0.756 e. The van der Waals surface area contributed by atoms with E-state index < -0.39 is 7.82 Å². The molecule has 0 saturated carbocycles. The van der Waals surface area contributed by atoms with Crippen LogP contribution in [0, 0.1) is 0 Å². The molecule has 6 nitrogen and oxygen atoms in total. The molecule has 1 aromatic rings. The molecule has 0 fully saturated rings. The van der Waals surface area contributed by atoms with Crippen LogP contribution in [0.4, 0.5) is 0 Å². The number of methoxy groups -OCH3 is 1. The minimum Gasteiger partial charge on any atom is -0.756 e. The number of phenolic OH excluding ortho intramolecular Hbond substituents is 1. The Labute approximate surface area is 128 Å². The first-order valence-electron chi connectivity index (χ1n) is 4.94. The van der Waals surface area contributed by atoms with Crippen molar-refractivity contribution in [2.45, 2.75) is 13.5 Å². The van der Waals surface area contributed by atoms with Crippen LogP contribution in [0.5, 0.6) is 11.5 Å².